The lowest BCUT2D eigenvalue weighted by Crippen LogP contribution is -2.48. The zero-order chi connectivity index (χ0) is 12.4. The molecule has 1 N–H and O–H groups in total. The Bertz CT molecular complexity index is 309. The van der Waals surface area contributed by atoms with Crippen LogP contribution in [-0.4, -0.2) is 52.6 Å². The average Bonchev–Trinajstić information content (AvgIpc) is 3.00. The molecule has 0 aliphatic heterocycles. The van der Waals surface area contributed by atoms with Gasteiger partial charge in [0.25, 0.3) is 0 Å². The van der Waals surface area contributed by atoms with Gasteiger partial charge in [-0.05, 0) is 25.7 Å². The van der Waals surface area contributed by atoms with Crippen molar-refractivity contribution in [2.24, 2.45) is 0 Å². The first-order valence-corrected chi connectivity index (χ1v) is 6.35. The molecule has 2 aliphatic rings. The summed E-state index contributed by atoms with van der Waals surface area (Å²) in [6.07, 6.45) is 6.18. The quantitative estimate of drug-likeness (QED) is 0.810. The van der Waals surface area contributed by atoms with E-state index in [-0.39, 0.29) is 18.6 Å². The molecule has 0 aromatic heterocycles. The van der Waals surface area contributed by atoms with Crippen LogP contribution in [0.5, 0.6) is 0 Å². The topological polar surface area (TPSA) is 60.9 Å². The number of hydrogen-bond donors (Lipinski definition) is 1. The maximum Gasteiger partial charge on any atom is 0.323 e. The molecule has 0 aromatic carbocycles. The largest absolute Gasteiger partial charge is 0.480 e. The van der Waals surface area contributed by atoms with Crippen LogP contribution in [0.15, 0.2) is 0 Å². The lowest BCUT2D eigenvalue weighted by atomic mass is 10.2. The van der Waals surface area contributed by atoms with Gasteiger partial charge in [-0.25, -0.2) is 4.79 Å². The second kappa shape index (κ2) is 4.94. The van der Waals surface area contributed by atoms with Gasteiger partial charge >= 0.3 is 12.0 Å². The Morgan fingerprint density at radius 1 is 1.12 bits per heavy atom. The van der Waals surface area contributed by atoms with Gasteiger partial charge in [0.15, 0.2) is 0 Å². The summed E-state index contributed by atoms with van der Waals surface area (Å²) in [6, 6.07) is 0.349. The van der Waals surface area contributed by atoms with Crippen molar-refractivity contribution >= 4 is 12.0 Å². The Kier molecular flexibility index (Phi) is 3.54. The molecule has 2 rings (SSSR count). The molecule has 0 bridgehead atoms. The van der Waals surface area contributed by atoms with Crippen LogP contribution in [0.1, 0.15) is 38.5 Å². The lowest BCUT2D eigenvalue weighted by molar-refractivity contribution is -0.138. The molecule has 0 heterocycles. The number of nitrogens with zero attached hydrogens (tertiary/aromatic N) is 2. The molecule has 96 valence electrons. The van der Waals surface area contributed by atoms with Crippen LogP contribution in [0.2, 0.25) is 0 Å². The number of rotatable bonds is 4. The van der Waals surface area contributed by atoms with E-state index in [0.29, 0.717) is 6.04 Å². The van der Waals surface area contributed by atoms with E-state index in [2.05, 4.69) is 0 Å². The van der Waals surface area contributed by atoms with E-state index < -0.39 is 5.97 Å². The van der Waals surface area contributed by atoms with Crippen molar-refractivity contribution < 1.29 is 14.7 Å². The highest BCUT2D eigenvalue weighted by molar-refractivity contribution is 5.80. The molecule has 0 saturated heterocycles. The molecule has 5 heteroatoms. The lowest BCUT2D eigenvalue weighted by Gasteiger charge is -2.31. The van der Waals surface area contributed by atoms with E-state index >= 15 is 0 Å². The van der Waals surface area contributed by atoms with Gasteiger partial charge < -0.3 is 14.9 Å². The van der Waals surface area contributed by atoms with Gasteiger partial charge in [0.2, 0.25) is 0 Å². The minimum Gasteiger partial charge on any atom is -0.480 e. The first-order chi connectivity index (χ1) is 8.09. The first-order valence-electron chi connectivity index (χ1n) is 6.35. The van der Waals surface area contributed by atoms with Crippen molar-refractivity contribution in [3.8, 4) is 0 Å². The fourth-order valence-electron chi connectivity index (χ4n) is 2.54. The summed E-state index contributed by atoms with van der Waals surface area (Å²) in [5.41, 5.74) is 0. The number of carbonyl (C=O) groups is 2. The van der Waals surface area contributed by atoms with E-state index in [9.17, 15) is 9.59 Å². The summed E-state index contributed by atoms with van der Waals surface area (Å²) in [5.74, 6) is -0.922. The second-order valence-corrected chi connectivity index (χ2v) is 5.08. The predicted octanol–water partition coefficient (Wildman–Crippen LogP) is 1.53. The van der Waals surface area contributed by atoms with Crippen LogP contribution in [0.25, 0.3) is 0 Å². The molecule has 0 atom stereocenters. The van der Waals surface area contributed by atoms with Crippen LogP contribution in [-0.2, 0) is 4.79 Å². The molecular weight excluding hydrogens is 220 g/mol. The second-order valence-electron chi connectivity index (χ2n) is 5.08. The summed E-state index contributed by atoms with van der Waals surface area (Å²) in [7, 11) is 1.78. The highest BCUT2D eigenvalue weighted by Crippen LogP contribution is 2.29. The van der Waals surface area contributed by atoms with Crippen LogP contribution in [0.3, 0.4) is 0 Å². The van der Waals surface area contributed by atoms with Crippen molar-refractivity contribution in [1.29, 1.82) is 0 Å². The third-order valence-electron chi connectivity index (χ3n) is 3.71. The summed E-state index contributed by atoms with van der Waals surface area (Å²) < 4.78 is 0. The van der Waals surface area contributed by atoms with Crippen molar-refractivity contribution in [2.45, 2.75) is 50.6 Å². The monoisotopic (exact) mass is 240 g/mol. The molecule has 5 nitrogen and oxygen atoms in total. The Hall–Kier alpha value is -1.26. The van der Waals surface area contributed by atoms with Crippen molar-refractivity contribution in [3.63, 3.8) is 0 Å². The van der Waals surface area contributed by atoms with E-state index in [0.717, 1.165) is 38.5 Å². The van der Waals surface area contributed by atoms with Gasteiger partial charge in [0.05, 0.1) is 0 Å². The van der Waals surface area contributed by atoms with Crippen molar-refractivity contribution in [3.05, 3.63) is 0 Å². The molecular formula is C12H20N2O3. The molecule has 0 radical (unpaired) electrons. The number of carbonyl (C=O) groups excluding carboxylic acids is 1. The smallest absolute Gasteiger partial charge is 0.323 e. The molecule has 2 fully saturated rings. The predicted molar refractivity (Wildman–Crippen MR) is 62.8 cm³/mol. The van der Waals surface area contributed by atoms with Gasteiger partial charge in [0.1, 0.15) is 6.54 Å². The van der Waals surface area contributed by atoms with Crippen LogP contribution >= 0.6 is 0 Å². The minimum atomic E-state index is -0.922. The Morgan fingerprint density at radius 3 is 2.18 bits per heavy atom. The van der Waals surface area contributed by atoms with Crippen molar-refractivity contribution in [1.82, 2.24) is 9.80 Å². The molecule has 2 aliphatic carbocycles. The van der Waals surface area contributed by atoms with E-state index in [1.54, 1.807) is 16.8 Å². The Balaban J connectivity index is 2.02. The molecule has 0 spiro atoms. The number of aliphatic carboxylic acids is 1. The zero-order valence-electron chi connectivity index (χ0n) is 10.3. The number of hydrogen-bond acceptors (Lipinski definition) is 2. The number of urea groups is 1. The zero-order valence-corrected chi connectivity index (χ0v) is 10.3. The van der Waals surface area contributed by atoms with Crippen LogP contribution in [0, 0.1) is 0 Å². The first kappa shape index (κ1) is 12.2. The molecule has 0 aromatic rings. The van der Waals surface area contributed by atoms with Gasteiger partial charge in [-0.15, -0.1) is 0 Å². The van der Waals surface area contributed by atoms with Gasteiger partial charge in [-0.3, -0.25) is 4.79 Å². The number of carboxylic acids is 1. The molecule has 0 unspecified atom stereocenters. The number of carboxylic acid groups (broad SMARTS) is 1. The summed E-state index contributed by atoms with van der Waals surface area (Å²) in [5, 5.41) is 8.92. The fourth-order valence-corrected chi connectivity index (χ4v) is 2.54. The molecule has 2 amide bonds. The normalized spacial score (nSPS) is 20.3. The van der Waals surface area contributed by atoms with E-state index in [4.69, 9.17) is 5.11 Å². The van der Waals surface area contributed by atoms with E-state index in [1.165, 1.54) is 0 Å². The summed E-state index contributed by atoms with van der Waals surface area (Å²) in [6.45, 7) is -0.166. The van der Waals surface area contributed by atoms with Crippen molar-refractivity contribution in [2.75, 3.05) is 13.6 Å². The van der Waals surface area contributed by atoms with E-state index in [1.807, 2.05) is 0 Å². The van der Waals surface area contributed by atoms with Crippen LogP contribution < -0.4 is 0 Å². The number of amides is 2. The minimum absolute atomic E-state index is 0.109. The highest BCUT2D eigenvalue weighted by atomic mass is 16.4. The third kappa shape index (κ3) is 2.90. The van der Waals surface area contributed by atoms with Crippen LogP contribution in [0.4, 0.5) is 4.79 Å². The Labute approximate surface area is 101 Å². The summed E-state index contributed by atoms with van der Waals surface area (Å²) in [4.78, 5) is 26.4. The highest BCUT2D eigenvalue weighted by Gasteiger charge is 2.36. The van der Waals surface area contributed by atoms with Gasteiger partial charge in [-0.1, -0.05) is 12.8 Å². The SMILES string of the molecule is CN(C(=O)N(CC(=O)O)C1CCCC1)C1CC1. The summed E-state index contributed by atoms with van der Waals surface area (Å²) >= 11 is 0. The average molecular weight is 240 g/mol. The molecule has 2 saturated carbocycles. The molecule has 17 heavy (non-hydrogen) atoms. The van der Waals surface area contributed by atoms with Gasteiger partial charge in [-0.2, -0.15) is 0 Å². The maximum absolute atomic E-state index is 12.2. The third-order valence-corrected chi connectivity index (χ3v) is 3.71. The Morgan fingerprint density at radius 2 is 1.71 bits per heavy atom. The standard InChI is InChI=1S/C12H20N2O3/c1-13(9-6-7-9)12(17)14(8-11(15)16)10-4-2-3-5-10/h9-10H,2-8H2,1H3,(H,15,16). The fraction of sp³-hybridized carbons (Fsp3) is 0.833. The maximum atomic E-state index is 12.2. The van der Waals surface area contributed by atoms with Gasteiger partial charge in [0, 0.05) is 19.1 Å².